The lowest BCUT2D eigenvalue weighted by Crippen LogP contribution is -2.46. The van der Waals surface area contributed by atoms with Crippen molar-refractivity contribution in [2.45, 2.75) is 59.2 Å². The van der Waals surface area contributed by atoms with Crippen LogP contribution in [0.2, 0.25) is 0 Å². The van der Waals surface area contributed by atoms with Gasteiger partial charge in [-0.3, -0.25) is 0 Å². The number of nitrogens with one attached hydrogen (secondary N) is 1. The van der Waals surface area contributed by atoms with Gasteiger partial charge in [-0.1, -0.05) is 5.16 Å². The second-order valence-corrected chi connectivity index (χ2v) is 5.16. The summed E-state index contributed by atoms with van der Waals surface area (Å²) in [6, 6.07) is 0.432. The molecule has 4 nitrogen and oxygen atoms in total. The summed E-state index contributed by atoms with van der Waals surface area (Å²) >= 11 is 0. The van der Waals surface area contributed by atoms with E-state index >= 15 is 0 Å². The molecule has 0 saturated carbocycles. The number of hydrogen-bond acceptors (Lipinski definition) is 4. The predicted molar refractivity (Wildman–Crippen MR) is 68.1 cm³/mol. The van der Waals surface area contributed by atoms with Gasteiger partial charge in [0.2, 0.25) is 0 Å². The molecule has 0 aromatic carbocycles. The molecule has 0 bridgehead atoms. The number of aryl methyl sites for hydroxylation is 2. The van der Waals surface area contributed by atoms with Crippen LogP contribution in [0.3, 0.4) is 0 Å². The lowest BCUT2D eigenvalue weighted by atomic mass is 9.97. The molecule has 0 radical (unpaired) electrons. The van der Waals surface area contributed by atoms with Crippen molar-refractivity contribution in [2.24, 2.45) is 0 Å². The average molecular weight is 240 g/mol. The zero-order chi connectivity index (χ0) is 13.2. The molecule has 2 unspecified atom stereocenters. The monoisotopic (exact) mass is 240 g/mol. The highest BCUT2D eigenvalue weighted by Gasteiger charge is 2.28. The average Bonchev–Trinajstić information content (AvgIpc) is 2.58. The molecule has 98 valence electrons. The number of methoxy groups -OCH3 is 1. The molecule has 1 rings (SSSR count). The van der Waals surface area contributed by atoms with Crippen molar-refractivity contribution in [3.05, 3.63) is 17.0 Å². The van der Waals surface area contributed by atoms with Crippen LogP contribution in [0, 0.1) is 13.8 Å². The van der Waals surface area contributed by atoms with Crippen LogP contribution >= 0.6 is 0 Å². The fourth-order valence-corrected chi connectivity index (χ4v) is 1.94. The zero-order valence-electron chi connectivity index (χ0n) is 11.9. The van der Waals surface area contributed by atoms with E-state index in [0.29, 0.717) is 0 Å². The van der Waals surface area contributed by atoms with Crippen LogP contribution in [-0.4, -0.2) is 23.9 Å². The third-order valence-corrected chi connectivity index (χ3v) is 3.59. The number of ether oxygens (including phenoxy) is 1. The van der Waals surface area contributed by atoms with Gasteiger partial charge in [0.25, 0.3) is 0 Å². The molecule has 0 spiro atoms. The Balaban J connectivity index is 2.77. The van der Waals surface area contributed by atoms with Gasteiger partial charge in [0.15, 0.2) is 0 Å². The molecular formula is C13H24N2O2. The molecule has 1 heterocycles. The number of aromatic nitrogens is 1. The Morgan fingerprint density at radius 3 is 2.29 bits per heavy atom. The summed E-state index contributed by atoms with van der Waals surface area (Å²) in [6.07, 6.45) is 0. The quantitative estimate of drug-likeness (QED) is 0.859. The van der Waals surface area contributed by atoms with Gasteiger partial charge in [0.1, 0.15) is 5.76 Å². The van der Waals surface area contributed by atoms with E-state index in [1.165, 1.54) is 0 Å². The molecule has 1 aromatic rings. The molecule has 0 aliphatic carbocycles. The largest absolute Gasteiger partial charge is 0.377 e. The molecule has 0 amide bonds. The Morgan fingerprint density at radius 1 is 1.29 bits per heavy atom. The molecule has 4 heteroatoms. The first-order chi connectivity index (χ1) is 7.79. The minimum absolute atomic E-state index is 0.200. The summed E-state index contributed by atoms with van der Waals surface area (Å²) in [4.78, 5) is 0. The predicted octanol–water partition coefficient (Wildman–Crippen LogP) is 2.76. The van der Waals surface area contributed by atoms with E-state index in [4.69, 9.17) is 9.26 Å². The molecule has 1 aromatic heterocycles. The number of hydrogen-bond donors (Lipinski definition) is 1. The van der Waals surface area contributed by atoms with E-state index in [1.807, 2.05) is 13.8 Å². The molecule has 0 aliphatic heterocycles. The van der Waals surface area contributed by atoms with E-state index in [1.54, 1.807) is 7.11 Å². The first-order valence-corrected chi connectivity index (χ1v) is 6.03. The first-order valence-electron chi connectivity index (χ1n) is 6.03. The Hall–Kier alpha value is -0.870. The fraction of sp³-hybridized carbons (Fsp3) is 0.769. The van der Waals surface area contributed by atoms with Crippen molar-refractivity contribution >= 4 is 0 Å². The van der Waals surface area contributed by atoms with Crippen LogP contribution in [-0.2, 0) is 4.74 Å². The molecule has 1 N–H and O–H groups in total. The van der Waals surface area contributed by atoms with Gasteiger partial charge >= 0.3 is 0 Å². The second-order valence-electron chi connectivity index (χ2n) is 5.16. The molecule has 2 atom stereocenters. The van der Waals surface area contributed by atoms with E-state index in [-0.39, 0.29) is 17.7 Å². The SMILES string of the molecule is COC(C)(C)C(C)NC(C)c1c(C)noc1C. The van der Waals surface area contributed by atoms with Crippen molar-refractivity contribution in [1.29, 1.82) is 0 Å². The van der Waals surface area contributed by atoms with Crippen molar-refractivity contribution < 1.29 is 9.26 Å². The smallest absolute Gasteiger partial charge is 0.138 e. The Morgan fingerprint density at radius 2 is 1.88 bits per heavy atom. The van der Waals surface area contributed by atoms with E-state index < -0.39 is 0 Å². The fourth-order valence-electron chi connectivity index (χ4n) is 1.94. The normalized spacial score (nSPS) is 15.9. The first kappa shape index (κ1) is 14.2. The van der Waals surface area contributed by atoms with E-state index in [2.05, 4.69) is 38.2 Å². The molecule has 0 fully saturated rings. The topological polar surface area (TPSA) is 47.3 Å². The van der Waals surface area contributed by atoms with Crippen molar-refractivity contribution in [3.8, 4) is 0 Å². The molecule has 17 heavy (non-hydrogen) atoms. The Labute approximate surface area is 104 Å². The van der Waals surface area contributed by atoms with Gasteiger partial charge < -0.3 is 14.6 Å². The van der Waals surface area contributed by atoms with Gasteiger partial charge in [0.05, 0.1) is 11.3 Å². The maximum absolute atomic E-state index is 5.48. The number of rotatable bonds is 5. The van der Waals surface area contributed by atoms with E-state index in [0.717, 1.165) is 17.0 Å². The summed E-state index contributed by atoms with van der Waals surface area (Å²) in [6.45, 7) is 12.3. The van der Waals surface area contributed by atoms with Crippen LogP contribution in [0.1, 0.15) is 50.8 Å². The third kappa shape index (κ3) is 3.07. The van der Waals surface area contributed by atoms with Crippen molar-refractivity contribution in [3.63, 3.8) is 0 Å². The van der Waals surface area contributed by atoms with Gasteiger partial charge in [-0.05, 0) is 41.5 Å². The lowest BCUT2D eigenvalue weighted by Gasteiger charge is -2.33. The number of nitrogens with zero attached hydrogens (tertiary/aromatic N) is 1. The minimum atomic E-state index is -0.201. The van der Waals surface area contributed by atoms with Crippen molar-refractivity contribution in [2.75, 3.05) is 7.11 Å². The summed E-state index contributed by atoms with van der Waals surface area (Å²) in [7, 11) is 1.73. The van der Waals surface area contributed by atoms with Gasteiger partial charge in [0, 0.05) is 24.8 Å². The van der Waals surface area contributed by atoms with Crippen LogP contribution in [0.5, 0.6) is 0 Å². The van der Waals surface area contributed by atoms with Gasteiger partial charge in [-0.15, -0.1) is 0 Å². The maximum Gasteiger partial charge on any atom is 0.138 e. The summed E-state index contributed by atoms with van der Waals surface area (Å²) in [5.74, 6) is 0.880. The molecule has 0 saturated heterocycles. The molecular weight excluding hydrogens is 216 g/mol. The third-order valence-electron chi connectivity index (χ3n) is 3.59. The maximum atomic E-state index is 5.48. The Kier molecular flexibility index (Phi) is 4.33. The highest BCUT2D eigenvalue weighted by molar-refractivity contribution is 5.24. The van der Waals surface area contributed by atoms with Gasteiger partial charge in [-0.2, -0.15) is 0 Å². The second kappa shape index (κ2) is 5.19. The zero-order valence-corrected chi connectivity index (χ0v) is 11.9. The van der Waals surface area contributed by atoms with Crippen molar-refractivity contribution in [1.82, 2.24) is 10.5 Å². The van der Waals surface area contributed by atoms with Crippen LogP contribution in [0.15, 0.2) is 4.52 Å². The van der Waals surface area contributed by atoms with E-state index in [9.17, 15) is 0 Å². The standard InChI is InChI=1S/C13H24N2O2/c1-8(12-9(2)15-17-10(12)3)14-11(4)13(5,6)16-7/h8,11,14H,1-7H3. The summed E-state index contributed by atoms with van der Waals surface area (Å²) < 4.78 is 10.7. The van der Waals surface area contributed by atoms with Crippen LogP contribution in [0.25, 0.3) is 0 Å². The molecule has 0 aliphatic rings. The van der Waals surface area contributed by atoms with Crippen LogP contribution in [0.4, 0.5) is 0 Å². The van der Waals surface area contributed by atoms with Gasteiger partial charge in [-0.25, -0.2) is 0 Å². The van der Waals surface area contributed by atoms with Crippen LogP contribution < -0.4 is 5.32 Å². The Bertz CT molecular complexity index is 352. The highest BCUT2D eigenvalue weighted by atomic mass is 16.5. The summed E-state index contributed by atoms with van der Waals surface area (Å²) in [5.41, 5.74) is 1.89. The minimum Gasteiger partial charge on any atom is -0.377 e. The highest BCUT2D eigenvalue weighted by Crippen LogP contribution is 2.23. The summed E-state index contributed by atoms with van der Waals surface area (Å²) in [5, 5.41) is 7.51. The lowest BCUT2D eigenvalue weighted by molar-refractivity contribution is -0.00770.